The summed E-state index contributed by atoms with van der Waals surface area (Å²) in [5, 5.41) is 22.7. The van der Waals surface area contributed by atoms with Gasteiger partial charge in [0.2, 0.25) is 0 Å². The third kappa shape index (κ3) is 5.81. The van der Waals surface area contributed by atoms with Gasteiger partial charge in [0.15, 0.2) is 0 Å². The van der Waals surface area contributed by atoms with E-state index in [1.165, 1.54) is 5.56 Å². The summed E-state index contributed by atoms with van der Waals surface area (Å²) >= 11 is 0. The van der Waals surface area contributed by atoms with Crippen molar-refractivity contribution in [3.05, 3.63) is 65.5 Å². The second kappa shape index (κ2) is 10.5. The molecule has 0 bridgehead atoms. The van der Waals surface area contributed by atoms with E-state index in [9.17, 15) is 9.59 Å². The van der Waals surface area contributed by atoms with Crippen LogP contribution in [0, 0.1) is 5.92 Å². The highest BCUT2D eigenvalue weighted by molar-refractivity contribution is 6.00. The van der Waals surface area contributed by atoms with Crippen LogP contribution in [0.15, 0.2) is 52.9 Å². The molecule has 8 nitrogen and oxygen atoms in total. The highest BCUT2D eigenvalue weighted by atomic mass is 16.4. The van der Waals surface area contributed by atoms with Gasteiger partial charge in [-0.2, -0.15) is 0 Å². The standard InChI is InChI=1S/C26H30N4O4/c1-16(2)21-5-3-4-6-22(21)28-26-30-29-25(34-26)24(33)27-20-13-11-19(12-14-20)18-9-7-17(8-10-18)15-23(31)32/h3-6,11-14,16-18H,7-10,15H2,1-2H3,(H,27,33)(H,28,30)(H,31,32)/t17-,18-. The van der Waals surface area contributed by atoms with Gasteiger partial charge in [0.25, 0.3) is 0 Å². The second-order valence-corrected chi connectivity index (χ2v) is 9.17. The number of nitrogens with zero attached hydrogens (tertiary/aromatic N) is 2. The zero-order valence-corrected chi connectivity index (χ0v) is 19.5. The Labute approximate surface area is 198 Å². The van der Waals surface area contributed by atoms with Gasteiger partial charge in [-0.25, -0.2) is 0 Å². The van der Waals surface area contributed by atoms with E-state index in [0.29, 0.717) is 17.5 Å². The Hall–Kier alpha value is -3.68. The highest BCUT2D eigenvalue weighted by Gasteiger charge is 2.24. The lowest BCUT2D eigenvalue weighted by atomic mass is 9.77. The molecule has 1 aliphatic rings. The number of rotatable bonds is 8. The van der Waals surface area contributed by atoms with Gasteiger partial charge < -0.3 is 20.2 Å². The molecule has 0 radical (unpaired) electrons. The molecule has 1 saturated carbocycles. The zero-order valence-electron chi connectivity index (χ0n) is 19.5. The lowest BCUT2D eigenvalue weighted by molar-refractivity contribution is -0.138. The maximum absolute atomic E-state index is 12.6. The van der Waals surface area contributed by atoms with E-state index in [2.05, 4.69) is 34.7 Å². The molecule has 178 valence electrons. The largest absolute Gasteiger partial charge is 0.481 e. The van der Waals surface area contributed by atoms with Crippen LogP contribution in [0.2, 0.25) is 0 Å². The molecule has 1 aromatic heterocycles. The van der Waals surface area contributed by atoms with Crippen molar-refractivity contribution in [1.82, 2.24) is 10.2 Å². The Morgan fingerprint density at radius 1 is 1.03 bits per heavy atom. The van der Waals surface area contributed by atoms with E-state index in [1.807, 2.05) is 48.5 Å². The van der Waals surface area contributed by atoms with Crippen molar-refractivity contribution in [2.75, 3.05) is 10.6 Å². The number of carbonyl (C=O) groups is 2. The number of carbonyl (C=O) groups excluding carboxylic acids is 1. The average molecular weight is 463 g/mol. The minimum Gasteiger partial charge on any atom is -0.481 e. The lowest BCUT2D eigenvalue weighted by Gasteiger charge is -2.28. The fraction of sp³-hybridized carbons (Fsp3) is 0.385. The molecule has 1 amide bonds. The Bertz CT molecular complexity index is 1130. The van der Waals surface area contributed by atoms with Crippen LogP contribution in [-0.2, 0) is 4.79 Å². The van der Waals surface area contributed by atoms with Crippen molar-refractivity contribution in [2.45, 2.75) is 57.8 Å². The summed E-state index contributed by atoms with van der Waals surface area (Å²) in [5.74, 6) is -0.289. The molecule has 0 unspecified atom stereocenters. The van der Waals surface area contributed by atoms with Crippen LogP contribution in [0.4, 0.5) is 17.4 Å². The lowest BCUT2D eigenvalue weighted by Crippen LogP contribution is -2.16. The van der Waals surface area contributed by atoms with Gasteiger partial charge in [0.05, 0.1) is 0 Å². The van der Waals surface area contributed by atoms with Crippen LogP contribution in [0.3, 0.4) is 0 Å². The first-order chi connectivity index (χ1) is 16.4. The summed E-state index contributed by atoms with van der Waals surface area (Å²) in [6.45, 7) is 4.20. The van der Waals surface area contributed by atoms with Crippen molar-refractivity contribution in [1.29, 1.82) is 0 Å². The van der Waals surface area contributed by atoms with Gasteiger partial charge in [-0.15, -0.1) is 5.10 Å². The molecule has 34 heavy (non-hydrogen) atoms. The van der Waals surface area contributed by atoms with Crippen LogP contribution >= 0.6 is 0 Å². The number of amides is 1. The normalized spacial score (nSPS) is 18.0. The first kappa shape index (κ1) is 23.5. The molecule has 0 atom stereocenters. The topological polar surface area (TPSA) is 117 Å². The fourth-order valence-electron chi connectivity index (χ4n) is 4.57. The van der Waals surface area contributed by atoms with E-state index < -0.39 is 11.9 Å². The molecule has 4 rings (SSSR count). The third-order valence-electron chi connectivity index (χ3n) is 6.39. The summed E-state index contributed by atoms with van der Waals surface area (Å²) in [6, 6.07) is 15.8. The number of carboxylic acid groups (broad SMARTS) is 1. The molecule has 2 aromatic carbocycles. The molecule has 0 aliphatic heterocycles. The molecule has 3 aromatic rings. The van der Waals surface area contributed by atoms with Crippen molar-refractivity contribution in [3.63, 3.8) is 0 Å². The molecular weight excluding hydrogens is 432 g/mol. The first-order valence-corrected chi connectivity index (χ1v) is 11.7. The number of anilines is 3. The number of nitrogens with one attached hydrogen (secondary N) is 2. The maximum atomic E-state index is 12.6. The summed E-state index contributed by atoms with van der Waals surface area (Å²) in [5.41, 5.74) is 3.83. The van der Waals surface area contributed by atoms with Crippen LogP contribution in [-0.4, -0.2) is 27.2 Å². The Morgan fingerprint density at radius 3 is 2.41 bits per heavy atom. The summed E-state index contributed by atoms with van der Waals surface area (Å²) in [6.07, 6.45) is 4.10. The minimum absolute atomic E-state index is 0.120. The minimum atomic E-state index is -0.715. The van der Waals surface area contributed by atoms with E-state index in [1.54, 1.807) is 0 Å². The van der Waals surface area contributed by atoms with Crippen molar-refractivity contribution in [2.24, 2.45) is 5.92 Å². The van der Waals surface area contributed by atoms with Gasteiger partial charge >= 0.3 is 23.8 Å². The zero-order chi connectivity index (χ0) is 24.1. The van der Waals surface area contributed by atoms with Gasteiger partial charge in [0, 0.05) is 17.8 Å². The SMILES string of the molecule is CC(C)c1ccccc1Nc1nnc(C(=O)Nc2ccc([C@H]3CC[C@H](CC(=O)O)CC3)cc2)o1. The van der Waals surface area contributed by atoms with Crippen LogP contribution < -0.4 is 10.6 Å². The van der Waals surface area contributed by atoms with Crippen molar-refractivity contribution in [3.8, 4) is 0 Å². The van der Waals surface area contributed by atoms with Gasteiger partial charge in [-0.1, -0.05) is 49.3 Å². The van der Waals surface area contributed by atoms with E-state index in [-0.39, 0.29) is 24.2 Å². The summed E-state index contributed by atoms with van der Waals surface area (Å²) < 4.78 is 5.53. The molecule has 3 N–H and O–H groups in total. The number of benzene rings is 2. The van der Waals surface area contributed by atoms with Crippen LogP contribution in [0.5, 0.6) is 0 Å². The van der Waals surface area contributed by atoms with Gasteiger partial charge in [-0.3, -0.25) is 9.59 Å². The first-order valence-electron chi connectivity index (χ1n) is 11.7. The Balaban J connectivity index is 1.33. The summed E-state index contributed by atoms with van der Waals surface area (Å²) in [7, 11) is 0. The number of aliphatic carboxylic acids is 1. The third-order valence-corrected chi connectivity index (χ3v) is 6.39. The molecule has 1 fully saturated rings. The van der Waals surface area contributed by atoms with Gasteiger partial charge in [-0.05, 0) is 72.8 Å². The summed E-state index contributed by atoms with van der Waals surface area (Å²) in [4.78, 5) is 23.5. The monoisotopic (exact) mass is 462 g/mol. The Kier molecular flexibility index (Phi) is 7.25. The fourth-order valence-corrected chi connectivity index (χ4v) is 4.57. The second-order valence-electron chi connectivity index (χ2n) is 9.17. The average Bonchev–Trinajstić information content (AvgIpc) is 3.29. The quantitative estimate of drug-likeness (QED) is 0.379. The number of aromatic nitrogens is 2. The number of para-hydroxylation sites is 1. The number of hydrogen-bond acceptors (Lipinski definition) is 6. The van der Waals surface area contributed by atoms with Crippen LogP contribution in [0.1, 0.15) is 79.6 Å². The van der Waals surface area contributed by atoms with Gasteiger partial charge in [0.1, 0.15) is 0 Å². The maximum Gasteiger partial charge on any atom is 0.320 e. The smallest absolute Gasteiger partial charge is 0.320 e. The molecular formula is C26H30N4O4. The predicted octanol–water partition coefficient (Wildman–Crippen LogP) is 5.94. The molecule has 1 heterocycles. The number of hydrogen-bond donors (Lipinski definition) is 3. The van der Waals surface area contributed by atoms with Crippen LogP contribution in [0.25, 0.3) is 0 Å². The number of carboxylic acids is 1. The van der Waals surface area contributed by atoms with Crippen molar-refractivity contribution < 1.29 is 19.1 Å². The molecule has 0 spiro atoms. The van der Waals surface area contributed by atoms with E-state index in [0.717, 1.165) is 36.9 Å². The highest BCUT2D eigenvalue weighted by Crippen LogP contribution is 2.37. The Morgan fingerprint density at radius 2 is 1.74 bits per heavy atom. The molecule has 8 heteroatoms. The van der Waals surface area contributed by atoms with E-state index in [4.69, 9.17) is 9.52 Å². The van der Waals surface area contributed by atoms with E-state index >= 15 is 0 Å². The molecule has 1 aliphatic carbocycles. The van der Waals surface area contributed by atoms with Crippen molar-refractivity contribution >= 4 is 29.3 Å². The molecule has 0 saturated heterocycles. The predicted molar refractivity (Wildman–Crippen MR) is 129 cm³/mol.